The van der Waals surface area contributed by atoms with E-state index in [4.69, 9.17) is 6.57 Å². The summed E-state index contributed by atoms with van der Waals surface area (Å²) >= 11 is 1.31. The number of aromatic amines is 1. The van der Waals surface area contributed by atoms with Crippen molar-refractivity contribution in [2.24, 2.45) is 0 Å². The Bertz CT molecular complexity index is 534. The molecular weight excluding hydrogens is 254 g/mol. The zero-order valence-corrected chi connectivity index (χ0v) is 10.8. The zero-order valence-electron chi connectivity index (χ0n) is 10.0. The largest absolute Gasteiger partial charge is 0.341 e. The molecule has 2 amide bonds. The molecular formula is C10H13N5O2S. The summed E-state index contributed by atoms with van der Waals surface area (Å²) in [5.41, 5.74) is -0.00222. The molecule has 8 heteroatoms. The van der Waals surface area contributed by atoms with Crippen LogP contribution in [0.4, 0.5) is 10.5 Å². The van der Waals surface area contributed by atoms with Crippen LogP contribution in [0.3, 0.4) is 0 Å². The third-order valence-corrected chi connectivity index (χ3v) is 2.89. The van der Waals surface area contributed by atoms with Gasteiger partial charge in [-0.2, -0.15) is 0 Å². The van der Waals surface area contributed by atoms with Crippen LogP contribution in [0.2, 0.25) is 0 Å². The number of H-pyrrole nitrogens is 1. The van der Waals surface area contributed by atoms with E-state index in [1.54, 1.807) is 6.92 Å². The molecule has 7 nitrogen and oxygen atoms in total. The molecule has 0 spiro atoms. The van der Waals surface area contributed by atoms with Gasteiger partial charge in [-0.3, -0.25) is 4.79 Å². The predicted molar refractivity (Wildman–Crippen MR) is 69.0 cm³/mol. The second kappa shape index (κ2) is 6.66. The van der Waals surface area contributed by atoms with Gasteiger partial charge in [0.15, 0.2) is 5.16 Å². The lowest BCUT2D eigenvalue weighted by Gasteiger charge is -2.04. The summed E-state index contributed by atoms with van der Waals surface area (Å²) in [6.45, 7) is 8.91. The normalized spacial score (nSPS) is 9.61. The van der Waals surface area contributed by atoms with E-state index >= 15 is 0 Å². The topological polar surface area (TPSA) is 91.2 Å². The molecule has 0 aliphatic heterocycles. The van der Waals surface area contributed by atoms with Crippen molar-refractivity contribution in [3.63, 3.8) is 0 Å². The minimum absolute atomic E-state index is 0.0165. The van der Waals surface area contributed by atoms with Gasteiger partial charge in [0.05, 0.1) is 12.3 Å². The van der Waals surface area contributed by atoms with Crippen molar-refractivity contribution in [2.75, 3.05) is 19.3 Å². The van der Waals surface area contributed by atoms with Gasteiger partial charge in [0.2, 0.25) is 0 Å². The number of hydrogen-bond acceptors (Lipinski definition) is 4. The molecule has 0 saturated heterocycles. The van der Waals surface area contributed by atoms with Gasteiger partial charge >= 0.3 is 6.03 Å². The summed E-state index contributed by atoms with van der Waals surface area (Å²) in [6, 6.07) is -0.253. The first-order valence-corrected chi connectivity index (χ1v) is 6.13. The van der Waals surface area contributed by atoms with Gasteiger partial charge in [0.1, 0.15) is 0 Å². The lowest BCUT2D eigenvalue weighted by atomic mass is 10.4. The Morgan fingerprint density at radius 3 is 2.89 bits per heavy atom. The van der Waals surface area contributed by atoms with Crippen LogP contribution in [0.5, 0.6) is 0 Å². The average Bonchev–Trinajstić information content (AvgIpc) is 2.34. The van der Waals surface area contributed by atoms with Crippen LogP contribution >= 0.6 is 11.8 Å². The Morgan fingerprint density at radius 2 is 2.33 bits per heavy atom. The van der Waals surface area contributed by atoms with Crippen molar-refractivity contribution in [3.8, 4) is 0 Å². The number of nitrogens with zero attached hydrogens (tertiary/aromatic N) is 2. The van der Waals surface area contributed by atoms with Crippen molar-refractivity contribution >= 4 is 23.5 Å². The van der Waals surface area contributed by atoms with E-state index in [-0.39, 0.29) is 11.7 Å². The molecule has 18 heavy (non-hydrogen) atoms. The number of nitrogens with one attached hydrogen (secondary N) is 3. The molecule has 0 radical (unpaired) electrons. The number of thioether (sulfide) groups is 1. The highest BCUT2D eigenvalue weighted by molar-refractivity contribution is 7.99. The van der Waals surface area contributed by atoms with Crippen molar-refractivity contribution in [1.29, 1.82) is 0 Å². The number of carbonyl (C=O) groups excluding carboxylic acids is 1. The fourth-order valence-corrected chi connectivity index (χ4v) is 1.92. The van der Waals surface area contributed by atoms with E-state index in [1.165, 1.54) is 18.8 Å². The number of rotatable bonds is 4. The first-order valence-electron chi connectivity index (χ1n) is 5.15. The number of amides is 2. The number of hydrogen-bond donors (Lipinski definition) is 3. The van der Waals surface area contributed by atoms with Crippen LogP contribution in [0, 0.1) is 13.5 Å². The Hall–Kier alpha value is -2.01. The van der Waals surface area contributed by atoms with Gasteiger partial charge < -0.3 is 15.6 Å². The Kier molecular flexibility index (Phi) is 5.20. The number of urea groups is 1. The summed E-state index contributed by atoms with van der Waals surface area (Å²) in [6.07, 6.45) is 0. The zero-order chi connectivity index (χ0) is 13.5. The van der Waals surface area contributed by atoms with E-state index in [9.17, 15) is 9.59 Å². The summed E-state index contributed by atoms with van der Waals surface area (Å²) in [5.74, 6) is 0.577. The first-order chi connectivity index (χ1) is 8.58. The molecule has 0 aromatic carbocycles. The molecule has 1 aromatic rings. The molecule has 0 aliphatic carbocycles. The van der Waals surface area contributed by atoms with Crippen molar-refractivity contribution < 1.29 is 4.79 Å². The monoisotopic (exact) mass is 267 g/mol. The van der Waals surface area contributed by atoms with Gasteiger partial charge in [-0.1, -0.05) is 11.8 Å². The minimum Gasteiger partial charge on any atom is -0.341 e. The average molecular weight is 267 g/mol. The van der Waals surface area contributed by atoms with Crippen LogP contribution in [0.1, 0.15) is 5.69 Å². The Morgan fingerprint density at radius 1 is 1.61 bits per heavy atom. The third kappa shape index (κ3) is 3.78. The molecule has 0 unspecified atom stereocenters. The lowest BCUT2D eigenvalue weighted by molar-refractivity contribution is 0.243. The van der Waals surface area contributed by atoms with Crippen molar-refractivity contribution in [3.05, 3.63) is 27.5 Å². The van der Waals surface area contributed by atoms with Gasteiger partial charge in [-0.15, -0.1) is 0 Å². The molecule has 1 aromatic heterocycles. The Labute approximate surface area is 108 Å². The van der Waals surface area contributed by atoms with Gasteiger partial charge in [0, 0.05) is 19.3 Å². The second-order valence-corrected chi connectivity index (χ2v) is 4.35. The smallest absolute Gasteiger partial charge is 0.314 e. The second-order valence-electron chi connectivity index (χ2n) is 3.27. The minimum atomic E-state index is -0.431. The SMILES string of the molecule is [C-]#[N+]c1c(C)nc(SCCNC(=O)NC)[nH]c1=O. The summed E-state index contributed by atoms with van der Waals surface area (Å²) in [5, 5.41) is 5.49. The van der Waals surface area contributed by atoms with Gasteiger partial charge in [0.25, 0.3) is 11.2 Å². The fourth-order valence-electron chi connectivity index (χ4n) is 1.15. The van der Waals surface area contributed by atoms with Gasteiger partial charge in [-0.25, -0.2) is 14.6 Å². The van der Waals surface area contributed by atoms with Crippen LogP contribution in [-0.2, 0) is 0 Å². The molecule has 0 saturated carbocycles. The third-order valence-electron chi connectivity index (χ3n) is 2.01. The molecule has 0 atom stereocenters. The van der Waals surface area contributed by atoms with E-state index in [2.05, 4.69) is 25.4 Å². The van der Waals surface area contributed by atoms with Crippen LogP contribution < -0.4 is 16.2 Å². The maximum absolute atomic E-state index is 11.5. The van der Waals surface area contributed by atoms with Crippen molar-refractivity contribution in [1.82, 2.24) is 20.6 Å². The highest BCUT2D eigenvalue weighted by Crippen LogP contribution is 2.15. The molecule has 3 N–H and O–H groups in total. The van der Waals surface area contributed by atoms with Gasteiger partial charge in [-0.05, 0) is 6.92 Å². The molecule has 0 aliphatic rings. The Balaban J connectivity index is 2.57. The van der Waals surface area contributed by atoms with E-state index in [0.717, 1.165) is 0 Å². The van der Waals surface area contributed by atoms with Crippen LogP contribution in [0.25, 0.3) is 4.85 Å². The lowest BCUT2D eigenvalue weighted by Crippen LogP contribution is -2.34. The van der Waals surface area contributed by atoms with Crippen LogP contribution in [0.15, 0.2) is 9.95 Å². The first kappa shape index (κ1) is 14.1. The maximum Gasteiger partial charge on any atom is 0.314 e. The molecule has 0 fully saturated rings. The number of aromatic nitrogens is 2. The summed E-state index contributed by atoms with van der Waals surface area (Å²) in [7, 11) is 1.54. The molecule has 96 valence electrons. The maximum atomic E-state index is 11.5. The molecule has 0 bridgehead atoms. The van der Waals surface area contributed by atoms with Crippen LogP contribution in [-0.4, -0.2) is 35.3 Å². The number of aryl methyl sites for hydroxylation is 1. The van der Waals surface area contributed by atoms with E-state index < -0.39 is 5.56 Å². The van der Waals surface area contributed by atoms with E-state index in [0.29, 0.717) is 23.1 Å². The number of carbonyl (C=O) groups is 1. The molecule has 1 heterocycles. The predicted octanol–water partition coefficient (Wildman–Crippen LogP) is 0.650. The standard InChI is InChI=1S/C10H13N5O2S/c1-6-7(11-2)8(16)15-10(14-6)18-5-4-13-9(17)12-3/h4-5H2,1,3H3,(H2,12,13,17)(H,14,15,16). The summed E-state index contributed by atoms with van der Waals surface area (Å²) < 4.78 is 0. The fraction of sp³-hybridized carbons (Fsp3) is 0.400. The van der Waals surface area contributed by atoms with Crippen molar-refractivity contribution in [2.45, 2.75) is 12.1 Å². The summed E-state index contributed by atoms with van der Waals surface area (Å²) in [4.78, 5) is 32.1. The quantitative estimate of drug-likeness (QED) is 0.323. The van der Waals surface area contributed by atoms with E-state index in [1.807, 2.05) is 0 Å². The molecule has 1 rings (SSSR count). The highest BCUT2D eigenvalue weighted by atomic mass is 32.2. The highest BCUT2D eigenvalue weighted by Gasteiger charge is 2.07.